The summed E-state index contributed by atoms with van der Waals surface area (Å²) in [5, 5.41) is 5.47. The number of ether oxygens (including phenoxy) is 2. The molecule has 0 saturated carbocycles. The summed E-state index contributed by atoms with van der Waals surface area (Å²) < 4.78 is 14.3. The monoisotopic (exact) mass is 927 g/mol. The second-order valence-corrected chi connectivity index (χ2v) is 22.2. The van der Waals surface area contributed by atoms with E-state index in [4.69, 9.17) is 19.4 Å². The number of methoxy groups -OCH3 is 1. The number of hydrogen-bond donors (Lipinski definition) is 2. The van der Waals surface area contributed by atoms with Crippen molar-refractivity contribution in [1.82, 2.24) is 44.7 Å². The van der Waals surface area contributed by atoms with Gasteiger partial charge in [-0.2, -0.15) is 0 Å². The van der Waals surface area contributed by atoms with Gasteiger partial charge in [0, 0.05) is 97.9 Å². The molecule has 15 nitrogen and oxygen atoms in total. The Hall–Kier alpha value is -4.68. The Morgan fingerprint density at radius 3 is 2.63 bits per heavy atom. The van der Waals surface area contributed by atoms with E-state index in [1.807, 2.05) is 44.0 Å². The average molecular weight is 928 g/mol. The molecule has 0 radical (unpaired) electrons. The number of rotatable bonds is 9. The lowest BCUT2D eigenvalue weighted by Crippen LogP contribution is -2.62. The van der Waals surface area contributed by atoms with E-state index in [-0.39, 0.29) is 48.6 Å². The Bertz CT molecular complexity index is 2380. The quantitative estimate of drug-likeness (QED) is 0.155. The number of piperazine rings is 1. The van der Waals surface area contributed by atoms with Gasteiger partial charge in [0.1, 0.15) is 21.8 Å². The summed E-state index contributed by atoms with van der Waals surface area (Å²) >= 11 is 1.50. The molecule has 0 aliphatic carbocycles. The summed E-state index contributed by atoms with van der Waals surface area (Å²) in [4.78, 5) is 75.6. The van der Waals surface area contributed by atoms with E-state index in [1.54, 1.807) is 30.3 Å². The summed E-state index contributed by atoms with van der Waals surface area (Å²) in [5.74, 6) is -1.03. The predicted molar refractivity (Wildman–Crippen MR) is 258 cm³/mol. The molecule has 352 valence electrons. The lowest BCUT2D eigenvalue weighted by atomic mass is 9.84. The van der Waals surface area contributed by atoms with Gasteiger partial charge in [-0.05, 0) is 89.8 Å². The van der Waals surface area contributed by atoms with Crippen molar-refractivity contribution < 1.29 is 28.7 Å². The summed E-state index contributed by atoms with van der Waals surface area (Å²) in [7, 11) is 3.79. The first kappa shape index (κ1) is 48.3. The van der Waals surface area contributed by atoms with Gasteiger partial charge >= 0.3 is 12.0 Å². The molecule has 7 rings (SSSR count). The van der Waals surface area contributed by atoms with E-state index >= 15 is 0 Å². The van der Waals surface area contributed by atoms with Crippen LogP contribution in [0.4, 0.5) is 4.79 Å². The highest BCUT2D eigenvalue weighted by Gasteiger charge is 2.39. The molecule has 0 spiro atoms. The Morgan fingerprint density at radius 1 is 1.14 bits per heavy atom. The fourth-order valence-electron chi connectivity index (χ4n) is 9.82. The van der Waals surface area contributed by atoms with Gasteiger partial charge < -0.3 is 28.8 Å². The van der Waals surface area contributed by atoms with Crippen LogP contribution in [0.3, 0.4) is 0 Å². The van der Waals surface area contributed by atoms with E-state index in [0.717, 1.165) is 62.8 Å². The first-order valence-electron chi connectivity index (χ1n) is 23.3. The number of urea groups is 1. The van der Waals surface area contributed by atoms with Gasteiger partial charge in [0.15, 0.2) is 0 Å². The molecule has 4 amide bonds. The number of benzene rings is 1. The molecule has 6 atom stereocenters. The molecule has 65 heavy (non-hydrogen) atoms. The van der Waals surface area contributed by atoms with E-state index in [2.05, 4.69) is 78.9 Å². The molecule has 0 unspecified atom stereocenters. The van der Waals surface area contributed by atoms with Gasteiger partial charge in [-0.15, -0.1) is 11.3 Å². The van der Waals surface area contributed by atoms with Crippen molar-refractivity contribution in [2.75, 3.05) is 47.4 Å². The molecule has 2 fully saturated rings. The molecule has 3 aliphatic heterocycles. The van der Waals surface area contributed by atoms with Crippen molar-refractivity contribution in [1.29, 1.82) is 0 Å². The summed E-state index contributed by atoms with van der Waals surface area (Å²) in [6, 6.07) is 9.14. The van der Waals surface area contributed by atoms with Crippen molar-refractivity contribution in [2.45, 2.75) is 123 Å². The normalized spacial score (nSPS) is 23.1. The predicted octanol–water partition coefficient (Wildman–Crippen LogP) is 5.81. The van der Waals surface area contributed by atoms with Crippen LogP contribution in [-0.4, -0.2) is 139 Å². The number of aryl methyl sites for hydroxylation is 1. The average Bonchev–Trinajstić information content (AvgIpc) is 3.88. The van der Waals surface area contributed by atoms with Crippen molar-refractivity contribution >= 4 is 55.7 Å². The number of carbonyl (C=O) groups is 4. The highest BCUT2D eigenvalue weighted by Crippen LogP contribution is 2.42. The highest BCUT2D eigenvalue weighted by atomic mass is 32.1. The lowest BCUT2D eigenvalue weighted by Gasteiger charge is -2.45. The molecule has 3 aliphatic rings. The first-order valence-corrected chi connectivity index (χ1v) is 25.7. The van der Waals surface area contributed by atoms with Crippen molar-refractivity contribution in [3.8, 4) is 22.5 Å². The Balaban J connectivity index is 1.24. The third-order valence-electron chi connectivity index (χ3n) is 13.6. The Kier molecular flexibility index (Phi) is 14.9. The fourth-order valence-corrected chi connectivity index (χ4v) is 12.4. The maximum absolute atomic E-state index is 14.6. The van der Waals surface area contributed by atoms with Gasteiger partial charge in [-0.3, -0.25) is 29.3 Å². The van der Waals surface area contributed by atoms with Crippen LogP contribution in [-0.2, 0) is 43.2 Å². The molecule has 6 heterocycles. The number of thiazole rings is 1. The van der Waals surface area contributed by atoms with Crippen LogP contribution in [0.25, 0.3) is 33.4 Å². The minimum atomic E-state index is -1.67. The van der Waals surface area contributed by atoms with Crippen LogP contribution in [0.1, 0.15) is 90.6 Å². The minimum absolute atomic E-state index is 0.00190. The van der Waals surface area contributed by atoms with Crippen LogP contribution in [0.15, 0.2) is 41.9 Å². The van der Waals surface area contributed by atoms with Gasteiger partial charge in [-0.1, -0.05) is 33.8 Å². The molecule has 2 N–H and O–H groups in total. The standard InChI is InChI=1S/C48H69N9O6SSi/c1-12-55-38-18-17-32-21-34(38)35(43(55)33-15-13-19-49-41(33)31(6)62-11)23-48(7,8)27-63-46(60)36-16-14-20-57(51-36)45(59)39(22-40-50-37(32)26-64-40)65-52-44(58)42(28(2)3)54(10)47(61)56-25-29(4)53(9)24-30(56)5/h13,15,17-19,21,26,28-31,36,39,42,51H,12,14,16,20,22-25,27,65H2,1-11H3,(H,52,58)/t29-,30+,31+,36+,39+,42+/m1/s1. The van der Waals surface area contributed by atoms with Crippen molar-refractivity contribution in [2.24, 2.45) is 11.3 Å². The van der Waals surface area contributed by atoms with Crippen LogP contribution in [0.2, 0.25) is 5.54 Å². The zero-order valence-electron chi connectivity index (χ0n) is 40.1. The fraction of sp³-hybridized carbons (Fsp3) is 0.583. The van der Waals surface area contributed by atoms with Crippen LogP contribution in [0, 0.1) is 11.3 Å². The number of pyridine rings is 1. The van der Waals surface area contributed by atoms with E-state index in [0.29, 0.717) is 38.8 Å². The largest absolute Gasteiger partial charge is 0.464 e. The number of cyclic esters (lactones) is 1. The lowest BCUT2D eigenvalue weighted by molar-refractivity contribution is -0.154. The van der Waals surface area contributed by atoms with Crippen LogP contribution >= 0.6 is 11.3 Å². The smallest absolute Gasteiger partial charge is 0.324 e. The zero-order valence-corrected chi connectivity index (χ0v) is 42.4. The Morgan fingerprint density at radius 2 is 1.91 bits per heavy atom. The molecular formula is C48H69N9O6SSi. The van der Waals surface area contributed by atoms with Crippen LogP contribution in [0.5, 0.6) is 0 Å². The topological polar surface area (TPSA) is 154 Å². The summed E-state index contributed by atoms with van der Waals surface area (Å²) in [5.41, 5.74) is 9.06. The van der Waals surface area contributed by atoms with Gasteiger partial charge in [0.2, 0.25) is 11.8 Å². The summed E-state index contributed by atoms with van der Waals surface area (Å²) in [6.45, 7) is 19.1. The zero-order chi connectivity index (χ0) is 46.9. The number of nitrogens with zero attached hydrogens (tertiary/aromatic N) is 7. The first-order chi connectivity index (χ1) is 30.9. The number of hydrazine groups is 1. The van der Waals surface area contributed by atoms with Gasteiger partial charge in [0.25, 0.3) is 0 Å². The minimum Gasteiger partial charge on any atom is -0.464 e. The van der Waals surface area contributed by atoms with Crippen LogP contribution < -0.4 is 10.4 Å². The summed E-state index contributed by atoms with van der Waals surface area (Å²) in [6.07, 6.45) is 3.63. The number of hydrogen-bond acceptors (Lipinski definition) is 11. The molecular weight excluding hydrogens is 859 g/mol. The SMILES string of the molecule is CCn1c(-c2cccnc2[C@H](C)OC)c2c3cc(ccc31)-c1csc(n1)C[C@H]([SiH2]NC(=O)[C@H](C(C)C)N(C)C(=O)N1C[C@@H](C)N(C)C[C@@H]1C)C(=O)N1CCC[C@H](N1)C(=O)OCC(C)(C)C2. The second kappa shape index (κ2) is 20.0. The van der Waals surface area contributed by atoms with Gasteiger partial charge in [0.05, 0.1) is 40.3 Å². The van der Waals surface area contributed by atoms with Crippen molar-refractivity contribution in [3.63, 3.8) is 0 Å². The van der Waals surface area contributed by atoms with E-state index in [1.165, 1.54) is 11.3 Å². The van der Waals surface area contributed by atoms with Crippen molar-refractivity contribution in [3.05, 3.63) is 58.2 Å². The molecule has 3 aromatic heterocycles. The molecule has 6 bridgehead atoms. The number of likely N-dealkylation sites (N-methyl/N-ethyl adjacent to an activating group) is 2. The van der Waals surface area contributed by atoms with Gasteiger partial charge in [-0.25, -0.2) is 15.2 Å². The van der Waals surface area contributed by atoms with E-state index < -0.39 is 38.7 Å². The number of nitrogens with one attached hydrogen (secondary N) is 2. The number of amides is 4. The molecule has 2 saturated heterocycles. The second-order valence-electron chi connectivity index (χ2n) is 19.5. The molecule has 1 aromatic carbocycles. The molecule has 4 aromatic rings. The van der Waals surface area contributed by atoms with E-state index in [9.17, 15) is 19.2 Å². The Labute approximate surface area is 390 Å². The maximum Gasteiger partial charge on any atom is 0.324 e. The third-order valence-corrected chi connectivity index (χ3v) is 16.2. The number of fused-ring (bicyclic) bond motifs is 6. The number of esters is 1. The number of aromatic nitrogens is 3. The highest BCUT2D eigenvalue weighted by molar-refractivity contribution is 7.10. The number of carbonyl (C=O) groups excluding carboxylic acids is 4. The third kappa shape index (κ3) is 10.2. The maximum atomic E-state index is 14.6. The molecule has 17 heteroatoms.